The predicted octanol–water partition coefficient (Wildman–Crippen LogP) is 3.00. The van der Waals surface area contributed by atoms with Gasteiger partial charge in [-0.1, -0.05) is 6.07 Å². The third-order valence-corrected chi connectivity index (χ3v) is 2.61. The van der Waals surface area contributed by atoms with Crippen molar-refractivity contribution in [3.8, 4) is 11.4 Å². The normalized spacial score (nSPS) is 10.6. The van der Waals surface area contributed by atoms with Crippen molar-refractivity contribution in [2.45, 2.75) is 6.92 Å². The van der Waals surface area contributed by atoms with Gasteiger partial charge in [0.15, 0.2) is 0 Å². The lowest BCUT2D eigenvalue weighted by atomic mass is 10.2. The summed E-state index contributed by atoms with van der Waals surface area (Å²) in [6.45, 7) is 1.98. The molecule has 0 saturated heterocycles. The van der Waals surface area contributed by atoms with Gasteiger partial charge in [0.2, 0.25) is 0 Å². The predicted molar refractivity (Wildman–Crippen MR) is 67.5 cm³/mol. The molecule has 17 heavy (non-hydrogen) atoms. The van der Waals surface area contributed by atoms with Crippen LogP contribution < -0.4 is 0 Å². The molecule has 0 aliphatic heterocycles. The fraction of sp³-hybridized carbons (Fsp3) is 0.0714. The maximum atomic E-state index is 4.56. The summed E-state index contributed by atoms with van der Waals surface area (Å²) < 4.78 is 0. The van der Waals surface area contributed by atoms with Crippen molar-refractivity contribution in [2.75, 3.05) is 0 Å². The summed E-state index contributed by atoms with van der Waals surface area (Å²) >= 11 is 0. The molecule has 3 rings (SSSR count). The Balaban J connectivity index is 2.17. The Morgan fingerprint density at radius 2 is 1.59 bits per heavy atom. The molecule has 0 unspecified atom stereocenters. The van der Waals surface area contributed by atoms with Crippen LogP contribution in [-0.2, 0) is 0 Å². The molecule has 3 nitrogen and oxygen atoms in total. The lowest BCUT2D eigenvalue weighted by Crippen LogP contribution is -1.90. The fourth-order valence-corrected chi connectivity index (χ4v) is 1.77. The van der Waals surface area contributed by atoms with E-state index in [4.69, 9.17) is 0 Å². The lowest BCUT2D eigenvalue weighted by Gasteiger charge is -2.02. The Hall–Kier alpha value is -2.29. The van der Waals surface area contributed by atoms with Crippen molar-refractivity contribution in [3.05, 3.63) is 54.4 Å². The van der Waals surface area contributed by atoms with Gasteiger partial charge < -0.3 is 0 Å². The Labute approximate surface area is 99.2 Å². The first kappa shape index (κ1) is 9.90. The minimum Gasteiger partial charge on any atom is -0.255 e. The number of fused-ring (bicyclic) bond motifs is 1. The molecule has 0 fully saturated rings. The quantitative estimate of drug-likeness (QED) is 0.634. The molecule has 0 aromatic carbocycles. The van der Waals surface area contributed by atoms with Crippen LogP contribution >= 0.6 is 0 Å². The summed E-state index contributed by atoms with van der Waals surface area (Å²) in [5, 5.41) is 0. The summed E-state index contributed by atoms with van der Waals surface area (Å²) in [4.78, 5) is 13.3. The third kappa shape index (κ3) is 1.87. The van der Waals surface area contributed by atoms with E-state index in [-0.39, 0.29) is 0 Å². The van der Waals surface area contributed by atoms with E-state index in [9.17, 15) is 0 Å². The van der Waals surface area contributed by atoms with Crippen LogP contribution in [0.1, 0.15) is 5.69 Å². The van der Waals surface area contributed by atoms with Gasteiger partial charge in [0.25, 0.3) is 0 Å². The lowest BCUT2D eigenvalue weighted by molar-refractivity contribution is 1.22. The minimum atomic E-state index is 0.878. The van der Waals surface area contributed by atoms with Crippen LogP contribution in [0.4, 0.5) is 0 Å². The second-order valence-corrected chi connectivity index (χ2v) is 3.90. The van der Waals surface area contributed by atoms with E-state index in [0.29, 0.717) is 0 Å². The van der Waals surface area contributed by atoms with Crippen LogP contribution in [-0.4, -0.2) is 15.0 Å². The van der Waals surface area contributed by atoms with E-state index in [1.165, 1.54) is 0 Å². The summed E-state index contributed by atoms with van der Waals surface area (Å²) in [6, 6.07) is 13.7. The Bertz CT molecular complexity index is 663. The number of aromatic nitrogens is 3. The fourth-order valence-electron chi connectivity index (χ4n) is 1.77. The average molecular weight is 221 g/mol. The largest absolute Gasteiger partial charge is 0.255 e. The average Bonchev–Trinajstić information content (AvgIpc) is 2.39. The van der Waals surface area contributed by atoms with Crippen LogP contribution in [0.15, 0.2) is 48.7 Å². The number of rotatable bonds is 1. The molecule has 0 bridgehead atoms. The van der Waals surface area contributed by atoms with Gasteiger partial charge in [0.1, 0.15) is 0 Å². The zero-order valence-electron chi connectivity index (χ0n) is 9.46. The molecule has 0 aliphatic rings. The Morgan fingerprint density at radius 1 is 0.765 bits per heavy atom. The van der Waals surface area contributed by atoms with Gasteiger partial charge in [-0.15, -0.1) is 0 Å². The summed E-state index contributed by atoms with van der Waals surface area (Å²) in [5.41, 5.74) is 4.59. The molecule has 3 aromatic rings. The number of nitrogens with zero attached hydrogens (tertiary/aromatic N) is 3. The maximum Gasteiger partial charge on any atom is 0.0895 e. The molecule has 0 aliphatic carbocycles. The SMILES string of the molecule is Cc1ccc2nc(-c3ccccn3)ccc2n1. The first-order valence-electron chi connectivity index (χ1n) is 5.49. The van der Waals surface area contributed by atoms with Crippen LogP contribution in [0.25, 0.3) is 22.4 Å². The number of hydrogen-bond donors (Lipinski definition) is 0. The molecular formula is C14H11N3. The molecule has 3 heterocycles. The van der Waals surface area contributed by atoms with E-state index in [1.54, 1.807) is 6.20 Å². The maximum absolute atomic E-state index is 4.56. The second kappa shape index (κ2) is 3.94. The van der Waals surface area contributed by atoms with E-state index < -0.39 is 0 Å². The van der Waals surface area contributed by atoms with Crippen LogP contribution in [0.5, 0.6) is 0 Å². The van der Waals surface area contributed by atoms with E-state index in [2.05, 4.69) is 15.0 Å². The third-order valence-electron chi connectivity index (χ3n) is 2.61. The molecule has 82 valence electrons. The van der Waals surface area contributed by atoms with Crippen LogP contribution in [0.3, 0.4) is 0 Å². The number of pyridine rings is 3. The van der Waals surface area contributed by atoms with Crippen molar-refractivity contribution in [3.63, 3.8) is 0 Å². The highest BCUT2D eigenvalue weighted by Crippen LogP contribution is 2.17. The number of aryl methyl sites for hydroxylation is 1. The molecule has 0 amide bonds. The molecular weight excluding hydrogens is 210 g/mol. The molecule has 0 saturated carbocycles. The van der Waals surface area contributed by atoms with Gasteiger partial charge in [-0.3, -0.25) is 9.97 Å². The van der Waals surface area contributed by atoms with Crippen LogP contribution in [0, 0.1) is 6.92 Å². The molecule has 0 spiro atoms. The minimum absolute atomic E-state index is 0.878. The van der Waals surface area contributed by atoms with Crippen molar-refractivity contribution in [2.24, 2.45) is 0 Å². The molecule has 0 radical (unpaired) electrons. The Kier molecular flexibility index (Phi) is 2.29. The Morgan fingerprint density at radius 3 is 2.41 bits per heavy atom. The number of hydrogen-bond acceptors (Lipinski definition) is 3. The van der Waals surface area contributed by atoms with Crippen molar-refractivity contribution in [1.82, 2.24) is 15.0 Å². The van der Waals surface area contributed by atoms with E-state index in [0.717, 1.165) is 28.1 Å². The monoisotopic (exact) mass is 221 g/mol. The van der Waals surface area contributed by atoms with Gasteiger partial charge in [0, 0.05) is 11.9 Å². The van der Waals surface area contributed by atoms with Crippen LogP contribution in [0.2, 0.25) is 0 Å². The zero-order valence-corrected chi connectivity index (χ0v) is 9.46. The first-order chi connectivity index (χ1) is 8.33. The van der Waals surface area contributed by atoms with Gasteiger partial charge in [-0.05, 0) is 43.3 Å². The first-order valence-corrected chi connectivity index (χ1v) is 5.49. The highest BCUT2D eigenvalue weighted by Gasteiger charge is 2.02. The topological polar surface area (TPSA) is 38.7 Å². The van der Waals surface area contributed by atoms with Gasteiger partial charge >= 0.3 is 0 Å². The highest BCUT2D eigenvalue weighted by atomic mass is 14.8. The van der Waals surface area contributed by atoms with Gasteiger partial charge in [-0.2, -0.15) is 0 Å². The van der Waals surface area contributed by atoms with E-state index in [1.807, 2.05) is 49.4 Å². The second-order valence-electron chi connectivity index (χ2n) is 3.90. The molecule has 3 aromatic heterocycles. The van der Waals surface area contributed by atoms with E-state index >= 15 is 0 Å². The highest BCUT2D eigenvalue weighted by molar-refractivity contribution is 5.77. The standard InChI is InChI=1S/C14H11N3/c1-10-5-6-14-13(16-10)8-7-12(17-14)11-4-2-3-9-15-11/h2-9H,1H3. The molecule has 0 atom stereocenters. The smallest absolute Gasteiger partial charge is 0.0895 e. The summed E-state index contributed by atoms with van der Waals surface area (Å²) in [6.07, 6.45) is 1.77. The molecule has 0 N–H and O–H groups in total. The van der Waals surface area contributed by atoms with Crippen molar-refractivity contribution < 1.29 is 0 Å². The zero-order chi connectivity index (χ0) is 11.7. The van der Waals surface area contributed by atoms with Gasteiger partial charge in [-0.25, -0.2) is 4.98 Å². The van der Waals surface area contributed by atoms with Crippen molar-refractivity contribution >= 4 is 11.0 Å². The van der Waals surface area contributed by atoms with Gasteiger partial charge in [0.05, 0.1) is 22.4 Å². The summed E-state index contributed by atoms with van der Waals surface area (Å²) in [5.74, 6) is 0. The summed E-state index contributed by atoms with van der Waals surface area (Å²) in [7, 11) is 0. The molecule has 3 heteroatoms. The van der Waals surface area contributed by atoms with Crippen molar-refractivity contribution in [1.29, 1.82) is 0 Å².